The van der Waals surface area contributed by atoms with Crippen molar-refractivity contribution in [3.63, 3.8) is 0 Å². The molecule has 140 valence electrons. The molecule has 7 heteroatoms. The zero-order valence-corrected chi connectivity index (χ0v) is 16.8. The SMILES string of the molecule is CCOc1cc(/C=C2\SC(=Nc3ccc(C)cc3)NC2=O)cc(Cl)c1OC. The molecule has 0 unspecified atom stereocenters. The highest BCUT2D eigenvalue weighted by molar-refractivity contribution is 8.18. The van der Waals surface area contributed by atoms with Crippen molar-refractivity contribution >= 4 is 46.2 Å². The van der Waals surface area contributed by atoms with Crippen LogP contribution in [0.15, 0.2) is 46.3 Å². The Bertz CT molecular complexity index is 924. The Balaban J connectivity index is 1.87. The minimum absolute atomic E-state index is 0.198. The molecule has 1 fully saturated rings. The van der Waals surface area contributed by atoms with E-state index in [0.717, 1.165) is 16.8 Å². The van der Waals surface area contributed by atoms with Gasteiger partial charge in [-0.2, -0.15) is 0 Å². The van der Waals surface area contributed by atoms with Crippen molar-refractivity contribution in [1.29, 1.82) is 0 Å². The van der Waals surface area contributed by atoms with Crippen molar-refractivity contribution in [1.82, 2.24) is 5.32 Å². The number of nitrogens with zero attached hydrogens (tertiary/aromatic N) is 1. The van der Waals surface area contributed by atoms with E-state index in [0.29, 0.717) is 33.2 Å². The molecule has 0 aromatic heterocycles. The van der Waals surface area contributed by atoms with E-state index >= 15 is 0 Å². The van der Waals surface area contributed by atoms with Gasteiger partial charge in [0.2, 0.25) is 0 Å². The lowest BCUT2D eigenvalue weighted by Gasteiger charge is -2.11. The summed E-state index contributed by atoms with van der Waals surface area (Å²) in [4.78, 5) is 17.3. The number of ether oxygens (including phenoxy) is 2. The van der Waals surface area contributed by atoms with E-state index < -0.39 is 0 Å². The van der Waals surface area contributed by atoms with Gasteiger partial charge in [0.1, 0.15) is 0 Å². The van der Waals surface area contributed by atoms with Crippen LogP contribution in [0.3, 0.4) is 0 Å². The molecule has 0 saturated carbocycles. The van der Waals surface area contributed by atoms with Crippen LogP contribution in [0.2, 0.25) is 5.02 Å². The smallest absolute Gasteiger partial charge is 0.264 e. The van der Waals surface area contributed by atoms with E-state index in [1.165, 1.54) is 18.9 Å². The molecule has 1 aliphatic rings. The first-order valence-electron chi connectivity index (χ1n) is 8.36. The third-order valence-electron chi connectivity index (χ3n) is 3.75. The van der Waals surface area contributed by atoms with Crippen LogP contribution in [0, 0.1) is 6.92 Å². The molecular formula is C20H19ClN2O3S. The Morgan fingerprint density at radius 2 is 2.00 bits per heavy atom. The molecule has 1 saturated heterocycles. The predicted octanol–water partition coefficient (Wildman–Crippen LogP) is 4.95. The topological polar surface area (TPSA) is 59.9 Å². The van der Waals surface area contributed by atoms with Crippen LogP contribution < -0.4 is 14.8 Å². The summed E-state index contributed by atoms with van der Waals surface area (Å²) in [6.45, 7) is 4.38. The number of halogens is 1. The lowest BCUT2D eigenvalue weighted by Crippen LogP contribution is -2.19. The fourth-order valence-electron chi connectivity index (χ4n) is 2.50. The fraction of sp³-hybridized carbons (Fsp3) is 0.200. The van der Waals surface area contributed by atoms with Crippen LogP contribution in [0.4, 0.5) is 5.69 Å². The number of methoxy groups -OCH3 is 1. The molecule has 1 N–H and O–H groups in total. The highest BCUT2D eigenvalue weighted by Gasteiger charge is 2.24. The van der Waals surface area contributed by atoms with E-state index in [1.54, 1.807) is 18.2 Å². The quantitative estimate of drug-likeness (QED) is 0.719. The molecule has 27 heavy (non-hydrogen) atoms. The second-order valence-corrected chi connectivity index (χ2v) is 7.22. The summed E-state index contributed by atoms with van der Waals surface area (Å²) < 4.78 is 10.9. The molecule has 0 atom stereocenters. The van der Waals surface area contributed by atoms with Crippen molar-refractivity contribution in [3.05, 3.63) is 57.5 Å². The van der Waals surface area contributed by atoms with Gasteiger partial charge in [0.05, 0.1) is 29.3 Å². The van der Waals surface area contributed by atoms with Gasteiger partial charge in [0, 0.05) is 0 Å². The monoisotopic (exact) mass is 402 g/mol. The number of carbonyl (C=O) groups excluding carboxylic acids is 1. The van der Waals surface area contributed by atoms with Crippen molar-refractivity contribution in [3.8, 4) is 11.5 Å². The molecule has 2 aromatic rings. The van der Waals surface area contributed by atoms with Gasteiger partial charge in [-0.1, -0.05) is 29.3 Å². The van der Waals surface area contributed by atoms with Gasteiger partial charge in [-0.05, 0) is 61.5 Å². The number of benzene rings is 2. The zero-order valence-electron chi connectivity index (χ0n) is 15.2. The second-order valence-electron chi connectivity index (χ2n) is 5.78. The Morgan fingerprint density at radius 1 is 1.26 bits per heavy atom. The third kappa shape index (κ3) is 4.64. The standard InChI is InChI=1S/C20H19ClN2O3S/c1-4-26-16-10-13(9-15(21)18(16)25-3)11-17-19(24)23-20(27-17)22-14-7-5-12(2)6-8-14/h5-11H,4H2,1-3H3,(H,22,23,24)/b17-11-. The maximum Gasteiger partial charge on any atom is 0.264 e. The van der Waals surface area contributed by atoms with Gasteiger partial charge in [0.25, 0.3) is 5.91 Å². The fourth-order valence-corrected chi connectivity index (χ4v) is 3.64. The normalized spacial score (nSPS) is 16.7. The summed E-state index contributed by atoms with van der Waals surface area (Å²) in [5.41, 5.74) is 2.69. The number of hydrogen-bond acceptors (Lipinski definition) is 5. The van der Waals surface area contributed by atoms with Gasteiger partial charge in [-0.15, -0.1) is 0 Å². The molecule has 1 amide bonds. The van der Waals surface area contributed by atoms with Gasteiger partial charge < -0.3 is 14.8 Å². The van der Waals surface area contributed by atoms with Gasteiger partial charge >= 0.3 is 0 Å². The number of rotatable bonds is 5. The number of amidine groups is 1. The molecule has 3 rings (SSSR count). The molecule has 0 aliphatic carbocycles. The Kier molecular flexibility index (Phi) is 6.08. The largest absolute Gasteiger partial charge is 0.491 e. The van der Waals surface area contributed by atoms with E-state index in [4.69, 9.17) is 21.1 Å². The number of aliphatic imine (C=N–C) groups is 1. The molecule has 1 heterocycles. The molecule has 0 radical (unpaired) electrons. The average Bonchev–Trinajstić information content (AvgIpc) is 2.96. The van der Waals surface area contributed by atoms with Crippen molar-refractivity contribution < 1.29 is 14.3 Å². The first-order valence-corrected chi connectivity index (χ1v) is 9.56. The first kappa shape index (κ1) is 19.3. The van der Waals surface area contributed by atoms with E-state index in [1.807, 2.05) is 38.1 Å². The molecule has 2 aromatic carbocycles. The molecule has 5 nitrogen and oxygen atoms in total. The van der Waals surface area contributed by atoms with E-state index in [-0.39, 0.29) is 5.91 Å². The zero-order chi connectivity index (χ0) is 19.4. The highest BCUT2D eigenvalue weighted by atomic mass is 35.5. The van der Waals surface area contributed by atoms with Crippen molar-refractivity contribution in [2.24, 2.45) is 4.99 Å². The molecule has 1 aliphatic heterocycles. The van der Waals surface area contributed by atoms with Crippen LogP contribution in [0.1, 0.15) is 18.1 Å². The summed E-state index contributed by atoms with van der Waals surface area (Å²) in [6, 6.07) is 11.3. The molecular weight excluding hydrogens is 384 g/mol. The Labute approximate surface area is 167 Å². The van der Waals surface area contributed by atoms with Crippen molar-refractivity contribution in [2.75, 3.05) is 13.7 Å². The maximum atomic E-state index is 12.3. The van der Waals surface area contributed by atoms with Crippen LogP contribution in [-0.4, -0.2) is 24.8 Å². The predicted molar refractivity (Wildman–Crippen MR) is 111 cm³/mol. The van der Waals surface area contributed by atoms with Crippen molar-refractivity contribution in [2.45, 2.75) is 13.8 Å². The van der Waals surface area contributed by atoms with Gasteiger partial charge in [0.15, 0.2) is 16.7 Å². The molecule has 0 bridgehead atoms. The van der Waals surface area contributed by atoms with E-state index in [2.05, 4.69) is 10.3 Å². The Morgan fingerprint density at radius 3 is 2.67 bits per heavy atom. The first-order chi connectivity index (χ1) is 13.0. The highest BCUT2D eigenvalue weighted by Crippen LogP contribution is 2.38. The minimum atomic E-state index is -0.198. The van der Waals surface area contributed by atoms with E-state index in [9.17, 15) is 4.79 Å². The number of aryl methyl sites for hydroxylation is 1. The minimum Gasteiger partial charge on any atom is -0.491 e. The number of hydrogen-bond donors (Lipinski definition) is 1. The van der Waals surface area contributed by atoms with Crippen LogP contribution >= 0.6 is 23.4 Å². The van der Waals surface area contributed by atoms with Crippen LogP contribution in [-0.2, 0) is 4.79 Å². The number of nitrogens with one attached hydrogen (secondary N) is 1. The summed E-state index contributed by atoms with van der Waals surface area (Å²) >= 11 is 7.56. The number of carbonyl (C=O) groups is 1. The maximum absolute atomic E-state index is 12.3. The molecule has 0 spiro atoms. The van der Waals surface area contributed by atoms with Crippen LogP contribution in [0.5, 0.6) is 11.5 Å². The number of amides is 1. The third-order valence-corrected chi connectivity index (χ3v) is 4.94. The van der Waals surface area contributed by atoms with Gasteiger partial charge in [-0.3, -0.25) is 4.79 Å². The summed E-state index contributed by atoms with van der Waals surface area (Å²) in [5.74, 6) is 0.817. The Hall–Kier alpha value is -2.44. The lowest BCUT2D eigenvalue weighted by atomic mass is 10.2. The summed E-state index contributed by atoms with van der Waals surface area (Å²) in [7, 11) is 1.54. The lowest BCUT2D eigenvalue weighted by molar-refractivity contribution is -0.115. The summed E-state index contributed by atoms with van der Waals surface area (Å²) in [6.07, 6.45) is 1.76. The second kappa shape index (κ2) is 8.50. The summed E-state index contributed by atoms with van der Waals surface area (Å²) in [5, 5.41) is 3.75. The number of thioether (sulfide) groups is 1. The van der Waals surface area contributed by atoms with Crippen LogP contribution in [0.25, 0.3) is 6.08 Å². The average molecular weight is 403 g/mol. The van der Waals surface area contributed by atoms with Gasteiger partial charge in [-0.25, -0.2) is 4.99 Å².